The number of hydrogen-bond donors (Lipinski definition) is 1. The molecule has 0 atom stereocenters. The predicted octanol–water partition coefficient (Wildman–Crippen LogP) is 3.84. The molecule has 0 bridgehead atoms. The third kappa shape index (κ3) is 4.20. The smallest absolute Gasteiger partial charge is 0.224 e. The van der Waals surface area contributed by atoms with Gasteiger partial charge in [0.1, 0.15) is 0 Å². The molecule has 1 aromatic heterocycles. The van der Waals surface area contributed by atoms with E-state index < -0.39 is 0 Å². The Hall–Kier alpha value is -2.10. The number of nitrogens with one attached hydrogen (secondary N) is 1. The lowest BCUT2D eigenvalue weighted by atomic mass is 9.87. The number of aromatic nitrogens is 2. The van der Waals surface area contributed by atoms with Crippen molar-refractivity contribution in [3.8, 4) is 0 Å². The van der Waals surface area contributed by atoms with E-state index in [9.17, 15) is 4.79 Å². The number of hydrogen-bond acceptors (Lipinski definition) is 2. The van der Waals surface area contributed by atoms with E-state index in [1.165, 1.54) is 32.1 Å². The number of carbonyl (C=O) groups excluding carboxylic acids is 1. The van der Waals surface area contributed by atoms with Gasteiger partial charge in [-0.05, 0) is 36.5 Å². The summed E-state index contributed by atoms with van der Waals surface area (Å²) in [6.45, 7) is 0.770. The molecule has 1 N–H and O–H groups in total. The lowest BCUT2D eigenvalue weighted by Gasteiger charge is -2.20. The Labute approximate surface area is 131 Å². The predicted molar refractivity (Wildman–Crippen MR) is 87.6 cm³/mol. The molecule has 116 valence electrons. The number of imidazole rings is 1. The molecule has 1 aliphatic carbocycles. The summed E-state index contributed by atoms with van der Waals surface area (Å²) in [7, 11) is 0. The second-order valence-corrected chi connectivity index (χ2v) is 6.19. The zero-order valence-corrected chi connectivity index (χ0v) is 12.9. The average Bonchev–Trinajstić information content (AvgIpc) is 3.01. The molecule has 1 aromatic carbocycles. The van der Waals surface area contributed by atoms with Gasteiger partial charge >= 0.3 is 0 Å². The van der Waals surface area contributed by atoms with Crippen LogP contribution in [-0.4, -0.2) is 15.5 Å². The van der Waals surface area contributed by atoms with Crippen LogP contribution in [0, 0.1) is 5.92 Å². The Morgan fingerprint density at radius 2 is 2.14 bits per heavy atom. The first-order valence-electron chi connectivity index (χ1n) is 8.14. The van der Waals surface area contributed by atoms with Crippen molar-refractivity contribution in [1.29, 1.82) is 0 Å². The average molecular weight is 297 g/mol. The minimum absolute atomic E-state index is 0.145. The molecule has 4 nitrogen and oxygen atoms in total. The van der Waals surface area contributed by atoms with Crippen LogP contribution in [0.2, 0.25) is 0 Å². The van der Waals surface area contributed by atoms with E-state index in [2.05, 4.69) is 16.4 Å². The van der Waals surface area contributed by atoms with Crippen LogP contribution in [0.3, 0.4) is 0 Å². The number of benzene rings is 1. The van der Waals surface area contributed by atoms with Crippen molar-refractivity contribution in [2.24, 2.45) is 5.92 Å². The molecule has 0 radical (unpaired) electrons. The molecule has 0 unspecified atom stereocenters. The van der Waals surface area contributed by atoms with E-state index in [0.29, 0.717) is 12.3 Å². The van der Waals surface area contributed by atoms with Gasteiger partial charge in [0.2, 0.25) is 5.91 Å². The molecule has 1 amide bonds. The zero-order valence-electron chi connectivity index (χ0n) is 12.9. The number of rotatable bonds is 5. The summed E-state index contributed by atoms with van der Waals surface area (Å²) in [5.41, 5.74) is 2.05. The Bertz CT molecular complexity index is 601. The monoisotopic (exact) mass is 297 g/mol. The third-order valence-corrected chi connectivity index (χ3v) is 4.33. The molecule has 0 saturated heterocycles. The Morgan fingerprint density at radius 3 is 2.91 bits per heavy atom. The molecule has 0 spiro atoms. The molecule has 3 rings (SSSR count). The second-order valence-electron chi connectivity index (χ2n) is 6.19. The highest BCUT2D eigenvalue weighted by molar-refractivity contribution is 5.90. The molecule has 1 fully saturated rings. The van der Waals surface area contributed by atoms with Crippen LogP contribution in [-0.2, 0) is 11.3 Å². The quantitative estimate of drug-likeness (QED) is 0.911. The molecule has 22 heavy (non-hydrogen) atoms. The van der Waals surface area contributed by atoms with Crippen molar-refractivity contribution in [2.45, 2.75) is 45.1 Å². The lowest BCUT2D eigenvalue weighted by molar-refractivity contribution is -0.117. The third-order valence-electron chi connectivity index (χ3n) is 4.33. The lowest BCUT2D eigenvalue weighted by Crippen LogP contribution is -2.18. The molecule has 4 heteroatoms. The topological polar surface area (TPSA) is 46.9 Å². The fraction of sp³-hybridized carbons (Fsp3) is 0.444. The van der Waals surface area contributed by atoms with Crippen LogP contribution < -0.4 is 5.32 Å². The van der Waals surface area contributed by atoms with Crippen molar-refractivity contribution in [2.75, 3.05) is 5.32 Å². The fourth-order valence-electron chi connectivity index (χ4n) is 3.20. The number of nitrogens with zero attached hydrogens (tertiary/aromatic N) is 2. The maximum Gasteiger partial charge on any atom is 0.224 e. The van der Waals surface area contributed by atoms with Crippen LogP contribution in [0.5, 0.6) is 0 Å². The van der Waals surface area contributed by atoms with Crippen LogP contribution in [0.25, 0.3) is 0 Å². The van der Waals surface area contributed by atoms with Gasteiger partial charge in [-0.15, -0.1) is 0 Å². The van der Waals surface area contributed by atoms with E-state index in [-0.39, 0.29) is 5.91 Å². The van der Waals surface area contributed by atoms with E-state index in [1.54, 1.807) is 12.5 Å². The zero-order chi connectivity index (χ0) is 15.2. The van der Waals surface area contributed by atoms with Crippen molar-refractivity contribution in [3.63, 3.8) is 0 Å². The maximum absolute atomic E-state index is 12.2. The molecular weight excluding hydrogens is 274 g/mol. The van der Waals surface area contributed by atoms with E-state index in [4.69, 9.17) is 0 Å². The van der Waals surface area contributed by atoms with Gasteiger partial charge in [0, 0.05) is 31.0 Å². The molecule has 1 heterocycles. The van der Waals surface area contributed by atoms with Gasteiger partial charge in [0.25, 0.3) is 0 Å². The van der Waals surface area contributed by atoms with Crippen molar-refractivity contribution >= 4 is 11.6 Å². The highest BCUT2D eigenvalue weighted by atomic mass is 16.1. The Balaban J connectivity index is 1.56. The van der Waals surface area contributed by atoms with Gasteiger partial charge in [-0.1, -0.05) is 31.4 Å². The molecule has 1 saturated carbocycles. The summed E-state index contributed by atoms with van der Waals surface area (Å²) in [6.07, 6.45) is 12.5. The summed E-state index contributed by atoms with van der Waals surface area (Å²) in [4.78, 5) is 16.2. The number of anilines is 1. The largest absolute Gasteiger partial charge is 0.333 e. The normalized spacial score (nSPS) is 15.6. The highest BCUT2D eigenvalue weighted by Crippen LogP contribution is 2.26. The maximum atomic E-state index is 12.2. The van der Waals surface area contributed by atoms with Gasteiger partial charge < -0.3 is 9.88 Å². The number of carbonyl (C=O) groups is 1. The Morgan fingerprint density at radius 1 is 1.27 bits per heavy atom. The van der Waals surface area contributed by atoms with Crippen LogP contribution >= 0.6 is 0 Å². The highest BCUT2D eigenvalue weighted by Gasteiger charge is 2.17. The van der Waals surface area contributed by atoms with Gasteiger partial charge in [-0.25, -0.2) is 4.98 Å². The minimum Gasteiger partial charge on any atom is -0.333 e. The van der Waals surface area contributed by atoms with Crippen LogP contribution in [0.4, 0.5) is 5.69 Å². The van der Waals surface area contributed by atoms with Crippen LogP contribution in [0.15, 0.2) is 43.0 Å². The van der Waals surface area contributed by atoms with Crippen LogP contribution in [0.1, 0.15) is 44.1 Å². The first kappa shape index (κ1) is 14.8. The van der Waals surface area contributed by atoms with Crippen molar-refractivity contribution in [1.82, 2.24) is 9.55 Å². The second kappa shape index (κ2) is 7.25. The summed E-state index contributed by atoms with van der Waals surface area (Å²) in [5.74, 6) is 0.717. The van der Waals surface area contributed by atoms with Crippen molar-refractivity contribution in [3.05, 3.63) is 48.5 Å². The number of amides is 1. The minimum atomic E-state index is 0.145. The SMILES string of the molecule is O=C(CC1CCCCC1)Nc1cccc(Cn2ccnc2)c1. The summed E-state index contributed by atoms with van der Waals surface area (Å²) < 4.78 is 2.02. The molecular formula is C18H23N3O. The molecule has 1 aliphatic rings. The summed E-state index contributed by atoms with van der Waals surface area (Å²) in [6, 6.07) is 8.05. The van der Waals surface area contributed by atoms with Crippen molar-refractivity contribution < 1.29 is 4.79 Å². The van der Waals surface area contributed by atoms with Gasteiger partial charge in [-0.3, -0.25) is 4.79 Å². The van der Waals surface area contributed by atoms with Gasteiger partial charge in [-0.2, -0.15) is 0 Å². The van der Waals surface area contributed by atoms with E-state index in [1.807, 2.05) is 29.0 Å². The standard InChI is InChI=1S/C18H23N3O/c22-18(12-15-5-2-1-3-6-15)20-17-8-4-7-16(11-17)13-21-10-9-19-14-21/h4,7-11,14-15H,1-3,5-6,12-13H2,(H,20,22). The van der Waals surface area contributed by atoms with E-state index in [0.717, 1.165) is 17.8 Å². The summed E-state index contributed by atoms with van der Waals surface area (Å²) in [5, 5.41) is 3.05. The van der Waals surface area contributed by atoms with E-state index >= 15 is 0 Å². The van der Waals surface area contributed by atoms with Gasteiger partial charge in [0.05, 0.1) is 6.33 Å². The summed E-state index contributed by atoms with van der Waals surface area (Å²) >= 11 is 0. The fourth-order valence-corrected chi connectivity index (χ4v) is 3.20. The first-order chi connectivity index (χ1) is 10.8. The molecule has 0 aliphatic heterocycles. The molecule has 2 aromatic rings. The van der Waals surface area contributed by atoms with Gasteiger partial charge in [0.15, 0.2) is 0 Å². The Kier molecular flexibility index (Phi) is 4.88. The first-order valence-corrected chi connectivity index (χ1v) is 8.14.